The molecule has 90 valence electrons. The largest absolute Gasteiger partial charge is 0.308 e. The Kier molecular flexibility index (Phi) is 4.23. The van der Waals surface area contributed by atoms with Crippen LogP contribution in [0.2, 0.25) is 0 Å². The summed E-state index contributed by atoms with van der Waals surface area (Å²) in [5.74, 6) is -0.154. The molecule has 0 atom stereocenters. The van der Waals surface area contributed by atoms with Crippen molar-refractivity contribution in [1.82, 2.24) is 10.3 Å². The lowest BCUT2D eigenvalue weighted by Gasteiger charge is -2.03. The van der Waals surface area contributed by atoms with Gasteiger partial charge in [0.05, 0.1) is 5.01 Å². The molecular weight excluding hydrogens is 235 g/mol. The molecule has 4 heteroatoms. The van der Waals surface area contributed by atoms with Crippen LogP contribution < -0.4 is 5.32 Å². The van der Waals surface area contributed by atoms with E-state index in [1.807, 2.05) is 12.3 Å². The summed E-state index contributed by atoms with van der Waals surface area (Å²) in [6.45, 7) is 3.38. The minimum absolute atomic E-state index is 0.154. The van der Waals surface area contributed by atoms with Crippen LogP contribution >= 0.6 is 11.3 Å². The van der Waals surface area contributed by atoms with Crippen molar-refractivity contribution in [2.45, 2.75) is 26.4 Å². The maximum absolute atomic E-state index is 13.3. The zero-order valence-corrected chi connectivity index (χ0v) is 10.6. The van der Waals surface area contributed by atoms with Crippen molar-refractivity contribution >= 4 is 11.3 Å². The number of nitrogens with one attached hydrogen (secondary N) is 1. The molecule has 0 fully saturated rings. The van der Waals surface area contributed by atoms with Gasteiger partial charge in [-0.1, -0.05) is 25.1 Å². The zero-order valence-electron chi connectivity index (χ0n) is 9.74. The molecule has 0 unspecified atom stereocenters. The highest BCUT2D eigenvalue weighted by Crippen LogP contribution is 2.13. The summed E-state index contributed by atoms with van der Waals surface area (Å²) in [5, 5.41) is 4.37. The van der Waals surface area contributed by atoms with Crippen LogP contribution in [-0.4, -0.2) is 4.98 Å². The molecule has 1 N–H and O–H groups in total. The Morgan fingerprint density at radius 1 is 1.29 bits per heavy atom. The smallest absolute Gasteiger partial charge is 0.127 e. The van der Waals surface area contributed by atoms with Crippen molar-refractivity contribution < 1.29 is 4.39 Å². The number of nitrogens with zero attached hydrogens (tertiary/aromatic N) is 1. The van der Waals surface area contributed by atoms with Crippen LogP contribution in [0.15, 0.2) is 30.5 Å². The summed E-state index contributed by atoms with van der Waals surface area (Å²) in [6, 6.07) is 6.84. The molecule has 0 amide bonds. The number of benzene rings is 1. The highest BCUT2D eigenvalue weighted by molar-refractivity contribution is 7.11. The predicted octanol–water partition coefficient (Wildman–Crippen LogP) is 3.13. The third-order valence-electron chi connectivity index (χ3n) is 2.48. The van der Waals surface area contributed by atoms with Gasteiger partial charge < -0.3 is 5.32 Å². The van der Waals surface area contributed by atoms with E-state index in [0.29, 0.717) is 12.1 Å². The first-order chi connectivity index (χ1) is 8.29. The Hall–Kier alpha value is -1.26. The van der Waals surface area contributed by atoms with Crippen LogP contribution in [0.25, 0.3) is 0 Å². The number of aryl methyl sites for hydroxylation is 1. The van der Waals surface area contributed by atoms with E-state index in [-0.39, 0.29) is 5.82 Å². The van der Waals surface area contributed by atoms with Crippen molar-refractivity contribution in [3.05, 3.63) is 51.7 Å². The third kappa shape index (κ3) is 3.35. The fourth-order valence-electron chi connectivity index (χ4n) is 1.56. The average Bonchev–Trinajstić information content (AvgIpc) is 2.80. The van der Waals surface area contributed by atoms with Gasteiger partial charge in [-0.3, -0.25) is 0 Å². The molecule has 2 aromatic rings. The van der Waals surface area contributed by atoms with Gasteiger partial charge in [0.25, 0.3) is 0 Å². The lowest BCUT2D eigenvalue weighted by Crippen LogP contribution is -2.12. The summed E-state index contributed by atoms with van der Waals surface area (Å²) in [7, 11) is 0. The quantitative estimate of drug-likeness (QED) is 0.882. The fraction of sp³-hybridized carbons (Fsp3) is 0.308. The van der Waals surface area contributed by atoms with E-state index in [9.17, 15) is 4.39 Å². The molecule has 1 heterocycles. The van der Waals surface area contributed by atoms with Gasteiger partial charge in [0.2, 0.25) is 0 Å². The first kappa shape index (κ1) is 12.2. The average molecular weight is 250 g/mol. The maximum Gasteiger partial charge on any atom is 0.127 e. The molecular formula is C13H15FN2S. The Morgan fingerprint density at radius 2 is 2.12 bits per heavy atom. The minimum atomic E-state index is -0.154. The SMILES string of the molecule is CCc1ncc(CNCc2ccccc2F)s1. The summed E-state index contributed by atoms with van der Waals surface area (Å²) in [6.07, 6.45) is 2.86. The first-order valence-corrected chi connectivity index (χ1v) is 6.49. The van der Waals surface area contributed by atoms with Gasteiger partial charge in [-0.05, 0) is 12.5 Å². The Morgan fingerprint density at radius 3 is 2.82 bits per heavy atom. The highest BCUT2D eigenvalue weighted by Gasteiger charge is 2.02. The number of rotatable bonds is 5. The Labute approximate surface area is 105 Å². The summed E-state index contributed by atoms with van der Waals surface area (Å²) in [4.78, 5) is 5.48. The van der Waals surface area contributed by atoms with Crippen molar-refractivity contribution in [3.8, 4) is 0 Å². The summed E-state index contributed by atoms with van der Waals surface area (Å²) in [5.41, 5.74) is 0.702. The monoisotopic (exact) mass is 250 g/mol. The van der Waals surface area contributed by atoms with Crippen molar-refractivity contribution in [2.24, 2.45) is 0 Å². The molecule has 0 aliphatic heterocycles. The number of hydrogen-bond donors (Lipinski definition) is 1. The molecule has 2 rings (SSSR count). The van der Waals surface area contributed by atoms with E-state index in [4.69, 9.17) is 0 Å². The van der Waals surface area contributed by atoms with E-state index < -0.39 is 0 Å². The molecule has 0 aliphatic carbocycles. The van der Waals surface area contributed by atoms with Gasteiger partial charge in [0.15, 0.2) is 0 Å². The third-order valence-corrected chi connectivity index (χ3v) is 3.62. The van der Waals surface area contributed by atoms with Crippen LogP contribution in [0.5, 0.6) is 0 Å². The van der Waals surface area contributed by atoms with Crippen molar-refractivity contribution in [1.29, 1.82) is 0 Å². The van der Waals surface area contributed by atoms with E-state index >= 15 is 0 Å². The van der Waals surface area contributed by atoms with Crippen LogP contribution in [0.4, 0.5) is 4.39 Å². The maximum atomic E-state index is 13.3. The molecule has 0 saturated heterocycles. The van der Waals surface area contributed by atoms with E-state index in [0.717, 1.165) is 18.0 Å². The van der Waals surface area contributed by atoms with Crippen LogP contribution in [0.3, 0.4) is 0 Å². The molecule has 17 heavy (non-hydrogen) atoms. The zero-order chi connectivity index (χ0) is 12.1. The molecule has 0 saturated carbocycles. The molecule has 0 spiro atoms. The topological polar surface area (TPSA) is 24.9 Å². The molecule has 2 nitrogen and oxygen atoms in total. The molecule has 0 bridgehead atoms. The minimum Gasteiger partial charge on any atom is -0.308 e. The lowest BCUT2D eigenvalue weighted by molar-refractivity contribution is 0.589. The second-order valence-corrected chi connectivity index (χ2v) is 4.97. The predicted molar refractivity (Wildman–Crippen MR) is 68.4 cm³/mol. The van der Waals surface area contributed by atoms with Crippen molar-refractivity contribution in [3.63, 3.8) is 0 Å². The number of aromatic nitrogens is 1. The number of halogens is 1. The first-order valence-electron chi connectivity index (χ1n) is 5.67. The van der Waals surface area contributed by atoms with E-state index in [1.54, 1.807) is 23.5 Å². The second-order valence-electron chi connectivity index (χ2n) is 3.77. The molecule has 1 aromatic heterocycles. The second kappa shape index (κ2) is 5.89. The van der Waals surface area contributed by atoms with E-state index in [1.165, 1.54) is 10.9 Å². The van der Waals surface area contributed by atoms with Gasteiger partial charge in [-0.2, -0.15) is 0 Å². The van der Waals surface area contributed by atoms with Crippen LogP contribution in [0, 0.1) is 5.82 Å². The Balaban J connectivity index is 1.85. The normalized spacial score (nSPS) is 10.7. The lowest BCUT2D eigenvalue weighted by atomic mass is 10.2. The summed E-state index contributed by atoms with van der Waals surface area (Å²) >= 11 is 1.70. The van der Waals surface area contributed by atoms with Crippen LogP contribution in [-0.2, 0) is 19.5 Å². The molecule has 1 aromatic carbocycles. The highest BCUT2D eigenvalue weighted by atomic mass is 32.1. The fourth-order valence-corrected chi connectivity index (χ4v) is 2.39. The molecule has 0 radical (unpaired) electrons. The van der Waals surface area contributed by atoms with Crippen molar-refractivity contribution in [2.75, 3.05) is 0 Å². The van der Waals surface area contributed by atoms with Gasteiger partial charge in [0.1, 0.15) is 5.82 Å². The van der Waals surface area contributed by atoms with Gasteiger partial charge in [-0.25, -0.2) is 9.37 Å². The summed E-state index contributed by atoms with van der Waals surface area (Å²) < 4.78 is 13.3. The van der Waals surface area contributed by atoms with E-state index in [2.05, 4.69) is 17.2 Å². The molecule has 0 aliphatic rings. The van der Waals surface area contributed by atoms with Gasteiger partial charge >= 0.3 is 0 Å². The standard InChI is InChI=1S/C13H15FN2S/c1-2-13-16-9-11(17-13)8-15-7-10-5-3-4-6-12(10)14/h3-6,9,15H,2,7-8H2,1H3. The van der Waals surface area contributed by atoms with Gasteiger partial charge in [0, 0.05) is 29.7 Å². The number of hydrogen-bond acceptors (Lipinski definition) is 3. The Bertz CT molecular complexity index is 482. The van der Waals surface area contributed by atoms with Crippen LogP contribution in [0.1, 0.15) is 22.4 Å². The number of thiazole rings is 1. The van der Waals surface area contributed by atoms with Gasteiger partial charge in [-0.15, -0.1) is 11.3 Å².